The van der Waals surface area contributed by atoms with E-state index in [1.165, 1.54) is 19.1 Å². The van der Waals surface area contributed by atoms with Crippen LogP contribution in [0.2, 0.25) is 0 Å². The van der Waals surface area contributed by atoms with Gasteiger partial charge in [0.05, 0.1) is 0 Å². The van der Waals surface area contributed by atoms with Crippen LogP contribution in [0.15, 0.2) is 12.1 Å². The zero-order valence-electron chi connectivity index (χ0n) is 11.8. The van der Waals surface area contributed by atoms with Crippen molar-refractivity contribution in [1.29, 1.82) is 0 Å². The van der Waals surface area contributed by atoms with E-state index < -0.39 is 11.6 Å². The van der Waals surface area contributed by atoms with Crippen LogP contribution in [-0.4, -0.2) is 18.5 Å². The zero-order chi connectivity index (χ0) is 14.7. The minimum atomic E-state index is -0.425. The Balaban J connectivity index is 1.83. The van der Waals surface area contributed by atoms with Gasteiger partial charge in [0.15, 0.2) is 0 Å². The monoisotopic (exact) mass is 282 g/mol. The van der Waals surface area contributed by atoms with E-state index in [2.05, 4.69) is 10.6 Å². The summed E-state index contributed by atoms with van der Waals surface area (Å²) in [5, 5.41) is 5.93. The lowest BCUT2D eigenvalue weighted by Gasteiger charge is -2.15. The highest BCUT2D eigenvalue weighted by molar-refractivity contribution is 5.76. The summed E-state index contributed by atoms with van der Waals surface area (Å²) in [6.45, 7) is 3.73. The molecule has 1 unspecified atom stereocenters. The molecule has 0 spiro atoms. The van der Waals surface area contributed by atoms with E-state index in [1.807, 2.05) is 0 Å². The molecule has 1 fully saturated rings. The van der Waals surface area contributed by atoms with E-state index in [-0.39, 0.29) is 17.5 Å². The summed E-state index contributed by atoms with van der Waals surface area (Å²) >= 11 is 0. The summed E-state index contributed by atoms with van der Waals surface area (Å²) in [4.78, 5) is 11.5. The molecule has 1 aliphatic carbocycles. The maximum absolute atomic E-state index is 13.8. The predicted octanol–water partition coefficient (Wildman–Crippen LogP) is 2.59. The largest absolute Gasteiger partial charge is 0.353 e. The third-order valence-corrected chi connectivity index (χ3v) is 3.49. The second-order valence-electron chi connectivity index (χ2n) is 5.39. The highest BCUT2D eigenvalue weighted by atomic mass is 19.1. The summed E-state index contributed by atoms with van der Waals surface area (Å²) in [5.74, 6) is -0.837. The van der Waals surface area contributed by atoms with E-state index in [9.17, 15) is 13.6 Å². The minimum absolute atomic E-state index is 0.00255. The summed E-state index contributed by atoms with van der Waals surface area (Å²) < 4.78 is 27.2. The second-order valence-corrected chi connectivity index (χ2v) is 5.39. The second kappa shape index (κ2) is 6.31. The highest BCUT2D eigenvalue weighted by Crippen LogP contribution is 2.21. The lowest BCUT2D eigenvalue weighted by molar-refractivity contribution is -0.121. The first-order chi connectivity index (χ1) is 9.47. The highest BCUT2D eigenvalue weighted by Gasteiger charge is 2.23. The summed E-state index contributed by atoms with van der Waals surface area (Å²) in [6.07, 6.45) is 2.46. The summed E-state index contributed by atoms with van der Waals surface area (Å²) in [7, 11) is 0. The Bertz CT molecular complexity index is 501. The molecular formula is C15H20F2N2O. The van der Waals surface area contributed by atoms with Crippen molar-refractivity contribution in [2.45, 2.75) is 45.2 Å². The van der Waals surface area contributed by atoms with Crippen molar-refractivity contribution >= 4 is 5.91 Å². The fourth-order valence-electron chi connectivity index (χ4n) is 2.03. The van der Waals surface area contributed by atoms with Crippen molar-refractivity contribution in [2.75, 3.05) is 6.54 Å². The third kappa shape index (κ3) is 4.00. The van der Waals surface area contributed by atoms with Crippen LogP contribution in [0.1, 0.15) is 43.4 Å². The molecular weight excluding hydrogens is 262 g/mol. The molecule has 1 atom stereocenters. The molecule has 110 valence electrons. The Morgan fingerprint density at radius 3 is 2.70 bits per heavy atom. The molecule has 0 radical (unpaired) electrons. The molecule has 1 amide bonds. The molecule has 0 heterocycles. The molecule has 20 heavy (non-hydrogen) atoms. The first-order valence-corrected chi connectivity index (χ1v) is 6.95. The van der Waals surface area contributed by atoms with Gasteiger partial charge in [-0.15, -0.1) is 0 Å². The van der Waals surface area contributed by atoms with Crippen LogP contribution < -0.4 is 10.6 Å². The Labute approximate surface area is 117 Å². The number of carbonyl (C=O) groups is 1. The van der Waals surface area contributed by atoms with Crippen LogP contribution in [0.3, 0.4) is 0 Å². The Hall–Kier alpha value is -1.49. The maximum atomic E-state index is 13.8. The van der Waals surface area contributed by atoms with Gasteiger partial charge in [-0.3, -0.25) is 4.79 Å². The molecule has 2 rings (SSSR count). The van der Waals surface area contributed by atoms with Gasteiger partial charge in [-0.2, -0.15) is 0 Å². The van der Waals surface area contributed by atoms with Gasteiger partial charge in [0, 0.05) is 30.6 Å². The number of nitrogens with one attached hydrogen (secondary N) is 2. The Morgan fingerprint density at radius 1 is 1.35 bits per heavy atom. The van der Waals surface area contributed by atoms with E-state index in [0.717, 1.165) is 12.8 Å². The molecule has 0 bridgehead atoms. The number of aryl methyl sites for hydroxylation is 1. The lowest BCUT2D eigenvalue weighted by atomic mass is 10.0. The van der Waals surface area contributed by atoms with Crippen LogP contribution in [-0.2, 0) is 4.79 Å². The molecule has 5 heteroatoms. The molecule has 1 aliphatic rings. The Kier molecular flexibility index (Phi) is 4.70. The van der Waals surface area contributed by atoms with Crippen molar-refractivity contribution in [3.8, 4) is 0 Å². The standard InChI is InChI=1S/C15H20F2N2O/c1-9-7-14(17)12(8-13(9)16)10(2)18-6-5-15(20)19-11-3-4-11/h7-8,10-11,18H,3-6H2,1-2H3,(H,19,20). The minimum Gasteiger partial charge on any atom is -0.353 e. The van der Waals surface area contributed by atoms with Crippen LogP contribution >= 0.6 is 0 Å². The van der Waals surface area contributed by atoms with Crippen LogP contribution in [0.4, 0.5) is 8.78 Å². The molecule has 1 saturated carbocycles. The van der Waals surface area contributed by atoms with E-state index in [4.69, 9.17) is 0 Å². The van der Waals surface area contributed by atoms with Gasteiger partial charge in [-0.05, 0) is 44.4 Å². The van der Waals surface area contributed by atoms with E-state index in [0.29, 0.717) is 24.6 Å². The maximum Gasteiger partial charge on any atom is 0.221 e. The molecule has 0 aliphatic heterocycles. The smallest absolute Gasteiger partial charge is 0.221 e. The number of halogens is 2. The van der Waals surface area contributed by atoms with Crippen LogP contribution in [0, 0.1) is 18.6 Å². The van der Waals surface area contributed by atoms with Crippen LogP contribution in [0.25, 0.3) is 0 Å². The number of rotatable bonds is 6. The van der Waals surface area contributed by atoms with Gasteiger partial charge < -0.3 is 10.6 Å². The van der Waals surface area contributed by atoms with Gasteiger partial charge in [0.25, 0.3) is 0 Å². The van der Waals surface area contributed by atoms with Crippen molar-refractivity contribution in [1.82, 2.24) is 10.6 Å². The summed E-state index contributed by atoms with van der Waals surface area (Å²) in [5.41, 5.74) is 0.581. The molecule has 1 aromatic carbocycles. The summed E-state index contributed by atoms with van der Waals surface area (Å²) in [6, 6.07) is 2.43. The fraction of sp³-hybridized carbons (Fsp3) is 0.533. The van der Waals surface area contributed by atoms with Gasteiger partial charge in [-0.1, -0.05) is 0 Å². The van der Waals surface area contributed by atoms with Crippen molar-refractivity contribution < 1.29 is 13.6 Å². The van der Waals surface area contributed by atoms with E-state index >= 15 is 0 Å². The van der Waals surface area contributed by atoms with Gasteiger partial charge in [-0.25, -0.2) is 8.78 Å². The number of benzene rings is 1. The number of hydrogen-bond acceptors (Lipinski definition) is 2. The normalized spacial score (nSPS) is 16.0. The quantitative estimate of drug-likeness (QED) is 0.842. The fourth-order valence-corrected chi connectivity index (χ4v) is 2.03. The predicted molar refractivity (Wildman–Crippen MR) is 73.3 cm³/mol. The first kappa shape index (κ1) is 14.9. The average molecular weight is 282 g/mol. The van der Waals surface area contributed by atoms with Crippen LogP contribution in [0.5, 0.6) is 0 Å². The van der Waals surface area contributed by atoms with Gasteiger partial charge >= 0.3 is 0 Å². The zero-order valence-corrected chi connectivity index (χ0v) is 11.8. The SMILES string of the molecule is Cc1cc(F)c(C(C)NCCC(=O)NC2CC2)cc1F. The molecule has 3 nitrogen and oxygen atoms in total. The molecule has 2 N–H and O–H groups in total. The van der Waals surface area contributed by atoms with Crippen molar-refractivity contribution in [3.05, 3.63) is 34.9 Å². The van der Waals surface area contributed by atoms with Gasteiger partial charge in [0.2, 0.25) is 5.91 Å². The van der Waals surface area contributed by atoms with E-state index in [1.54, 1.807) is 6.92 Å². The number of amides is 1. The average Bonchev–Trinajstić information content (AvgIpc) is 3.17. The first-order valence-electron chi connectivity index (χ1n) is 6.95. The molecule has 0 saturated heterocycles. The third-order valence-electron chi connectivity index (χ3n) is 3.49. The molecule has 1 aromatic rings. The van der Waals surface area contributed by atoms with Gasteiger partial charge in [0.1, 0.15) is 11.6 Å². The topological polar surface area (TPSA) is 41.1 Å². The number of hydrogen-bond donors (Lipinski definition) is 2. The van der Waals surface area contributed by atoms with Crippen molar-refractivity contribution in [2.24, 2.45) is 0 Å². The van der Waals surface area contributed by atoms with Crippen molar-refractivity contribution in [3.63, 3.8) is 0 Å². The number of carbonyl (C=O) groups excluding carboxylic acids is 1. The Morgan fingerprint density at radius 2 is 2.05 bits per heavy atom. The molecule has 0 aromatic heterocycles. The lowest BCUT2D eigenvalue weighted by Crippen LogP contribution is -2.30.